The minimum Gasteiger partial charge on any atom is -0.480 e. The van der Waals surface area contributed by atoms with Crippen molar-refractivity contribution in [3.63, 3.8) is 0 Å². The highest BCUT2D eigenvalue weighted by Crippen LogP contribution is 2.22. The average molecular weight is 276 g/mol. The molecule has 0 spiro atoms. The van der Waals surface area contributed by atoms with Gasteiger partial charge < -0.3 is 10.0 Å². The number of rotatable bonds is 4. The van der Waals surface area contributed by atoms with Gasteiger partial charge in [0.25, 0.3) is 5.91 Å². The lowest BCUT2D eigenvalue weighted by Crippen LogP contribution is -2.35. The molecule has 0 unspecified atom stereocenters. The number of hydrogen-bond acceptors (Lipinski definition) is 2. The Kier molecular flexibility index (Phi) is 4.78. The SMILES string of the molecule is CCN(CC(=O)O)C(=O)c1cc(Cl)ccc1Cl. The molecule has 0 aliphatic carbocycles. The van der Waals surface area contributed by atoms with Crippen LogP contribution in [-0.4, -0.2) is 35.0 Å². The van der Waals surface area contributed by atoms with Crippen LogP contribution in [0.3, 0.4) is 0 Å². The number of nitrogens with zero attached hydrogens (tertiary/aromatic N) is 1. The van der Waals surface area contributed by atoms with Crippen molar-refractivity contribution in [2.75, 3.05) is 13.1 Å². The molecule has 0 aliphatic heterocycles. The van der Waals surface area contributed by atoms with E-state index in [4.69, 9.17) is 28.3 Å². The van der Waals surface area contributed by atoms with Gasteiger partial charge in [-0.3, -0.25) is 9.59 Å². The molecule has 0 heterocycles. The van der Waals surface area contributed by atoms with E-state index in [1.54, 1.807) is 13.0 Å². The van der Waals surface area contributed by atoms with E-state index in [-0.39, 0.29) is 23.7 Å². The number of carboxylic acids is 1. The predicted octanol–water partition coefficient (Wildman–Crippen LogP) is 2.54. The number of carbonyl (C=O) groups is 2. The number of amides is 1. The molecule has 1 N–H and O–H groups in total. The normalized spacial score (nSPS) is 10.1. The third kappa shape index (κ3) is 3.61. The van der Waals surface area contributed by atoms with Gasteiger partial charge in [-0.1, -0.05) is 23.2 Å². The molecule has 0 aliphatic rings. The van der Waals surface area contributed by atoms with Gasteiger partial charge in [0.15, 0.2) is 0 Å². The Labute approximate surface area is 109 Å². The summed E-state index contributed by atoms with van der Waals surface area (Å²) in [6.45, 7) is 1.62. The van der Waals surface area contributed by atoms with Crippen LogP contribution >= 0.6 is 23.2 Å². The average Bonchev–Trinajstić information content (AvgIpc) is 2.28. The van der Waals surface area contributed by atoms with Crippen LogP contribution in [0.2, 0.25) is 10.0 Å². The van der Waals surface area contributed by atoms with E-state index in [0.29, 0.717) is 5.02 Å². The van der Waals surface area contributed by atoms with Crippen molar-refractivity contribution in [1.82, 2.24) is 4.90 Å². The lowest BCUT2D eigenvalue weighted by atomic mass is 10.2. The van der Waals surface area contributed by atoms with Crippen LogP contribution < -0.4 is 0 Å². The Hall–Kier alpha value is -1.26. The molecule has 0 radical (unpaired) electrons. The van der Waals surface area contributed by atoms with Crippen LogP contribution in [0.1, 0.15) is 17.3 Å². The number of carboxylic acid groups (broad SMARTS) is 1. The number of halogens is 2. The van der Waals surface area contributed by atoms with Crippen molar-refractivity contribution < 1.29 is 14.7 Å². The van der Waals surface area contributed by atoms with Crippen molar-refractivity contribution in [3.8, 4) is 0 Å². The second-order valence-electron chi connectivity index (χ2n) is 3.34. The first-order valence-corrected chi connectivity index (χ1v) is 5.67. The van der Waals surface area contributed by atoms with E-state index < -0.39 is 11.9 Å². The quantitative estimate of drug-likeness (QED) is 0.919. The van der Waals surface area contributed by atoms with Gasteiger partial charge in [0.2, 0.25) is 0 Å². The fraction of sp³-hybridized carbons (Fsp3) is 0.273. The summed E-state index contributed by atoms with van der Waals surface area (Å²) in [6, 6.07) is 4.50. The van der Waals surface area contributed by atoms with Gasteiger partial charge in [-0.05, 0) is 25.1 Å². The topological polar surface area (TPSA) is 57.6 Å². The zero-order chi connectivity index (χ0) is 13.0. The first-order valence-electron chi connectivity index (χ1n) is 4.91. The summed E-state index contributed by atoms with van der Waals surface area (Å²) < 4.78 is 0. The molecule has 1 aromatic carbocycles. The van der Waals surface area contributed by atoms with E-state index in [9.17, 15) is 9.59 Å². The van der Waals surface area contributed by atoms with E-state index in [0.717, 1.165) is 0 Å². The molecule has 0 atom stereocenters. The van der Waals surface area contributed by atoms with E-state index in [1.165, 1.54) is 17.0 Å². The number of benzene rings is 1. The third-order valence-electron chi connectivity index (χ3n) is 2.15. The molecule has 4 nitrogen and oxygen atoms in total. The van der Waals surface area contributed by atoms with Crippen molar-refractivity contribution in [2.24, 2.45) is 0 Å². The molecule has 1 rings (SSSR count). The summed E-state index contributed by atoms with van der Waals surface area (Å²) in [5, 5.41) is 9.31. The molecular formula is C11H11Cl2NO3. The summed E-state index contributed by atoms with van der Waals surface area (Å²) >= 11 is 11.6. The lowest BCUT2D eigenvalue weighted by Gasteiger charge is -2.19. The molecule has 0 saturated heterocycles. The van der Waals surface area contributed by atoms with E-state index in [1.807, 2.05) is 0 Å². The summed E-state index contributed by atoms with van der Waals surface area (Å²) in [5.41, 5.74) is 0.210. The number of aliphatic carboxylic acids is 1. The summed E-state index contributed by atoms with van der Waals surface area (Å²) in [5.74, 6) is -1.51. The molecule has 1 amide bonds. The van der Waals surface area contributed by atoms with Crippen molar-refractivity contribution in [1.29, 1.82) is 0 Å². The maximum Gasteiger partial charge on any atom is 0.323 e. The second kappa shape index (κ2) is 5.89. The summed E-state index contributed by atoms with van der Waals surface area (Å²) in [4.78, 5) is 23.8. The smallest absolute Gasteiger partial charge is 0.323 e. The van der Waals surface area contributed by atoms with Gasteiger partial charge in [0, 0.05) is 11.6 Å². The van der Waals surface area contributed by atoms with Crippen LogP contribution in [0, 0.1) is 0 Å². The highest BCUT2D eigenvalue weighted by molar-refractivity contribution is 6.35. The van der Waals surface area contributed by atoms with Crippen LogP contribution in [-0.2, 0) is 4.79 Å². The minimum absolute atomic E-state index is 0.210. The molecule has 0 bridgehead atoms. The predicted molar refractivity (Wildman–Crippen MR) is 65.7 cm³/mol. The van der Waals surface area contributed by atoms with Crippen molar-refractivity contribution in [2.45, 2.75) is 6.92 Å². The van der Waals surface area contributed by atoms with Gasteiger partial charge in [0.1, 0.15) is 6.54 Å². The number of hydrogen-bond donors (Lipinski definition) is 1. The molecule has 0 saturated carbocycles. The molecule has 17 heavy (non-hydrogen) atoms. The molecule has 92 valence electrons. The largest absolute Gasteiger partial charge is 0.480 e. The van der Waals surface area contributed by atoms with Crippen molar-refractivity contribution in [3.05, 3.63) is 33.8 Å². The summed E-state index contributed by atoms with van der Waals surface area (Å²) in [7, 11) is 0. The first-order chi connectivity index (χ1) is 7.95. The molecular weight excluding hydrogens is 265 g/mol. The highest BCUT2D eigenvalue weighted by Gasteiger charge is 2.19. The Morgan fingerprint density at radius 2 is 2.00 bits per heavy atom. The molecule has 1 aromatic rings. The number of likely N-dealkylation sites (N-methyl/N-ethyl adjacent to an activating group) is 1. The number of carbonyl (C=O) groups excluding carboxylic acids is 1. The second-order valence-corrected chi connectivity index (χ2v) is 4.18. The fourth-order valence-electron chi connectivity index (χ4n) is 1.32. The van der Waals surface area contributed by atoms with Gasteiger partial charge >= 0.3 is 5.97 Å². The van der Waals surface area contributed by atoms with Crippen molar-refractivity contribution >= 4 is 35.1 Å². The first kappa shape index (κ1) is 13.8. The van der Waals surface area contributed by atoms with Gasteiger partial charge in [0.05, 0.1) is 10.6 Å². The Morgan fingerprint density at radius 3 is 2.53 bits per heavy atom. The van der Waals surface area contributed by atoms with Gasteiger partial charge in [-0.2, -0.15) is 0 Å². The third-order valence-corrected chi connectivity index (χ3v) is 2.72. The standard InChI is InChI=1S/C11H11Cl2NO3/c1-2-14(6-10(15)16)11(17)8-5-7(12)3-4-9(8)13/h3-5H,2,6H2,1H3,(H,15,16). The highest BCUT2D eigenvalue weighted by atomic mass is 35.5. The van der Waals surface area contributed by atoms with Gasteiger partial charge in [-0.25, -0.2) is 0 Å². The van der Waals surface area contributed by atoms with Crippen LogP contribution in [0.15, 0.2) is 18.2 Å². The monoisotopic (exact) mass is 275 g/mol. The Bertz CT molecular complexity index is 448. The zero-order valence-corrected chi connectivity index (χ0v) is 10.6. The van der Waals surface area contributed by atoms with E-state index >= 15 is 0 Å². The minimum atomic E-state index is -1.07. The maximum atomic E-state index is 12.0. The summed E-state index contributed by atoms with van der Waals surface area (Å²) in [6.07, 6.45) is 0. The Morgan fingerprint density at radius 1 is 1.35 bits per heavy atom. The maximum absolute atomic E-state index is 12.0. The van der Waals surface area contributed by atoms with Crippen LogP contribution in [0.4, 0.5) is 0 Å². The van der Waals surface area contributed by atoms with Crippen LogP contribution in [0.25, 0.3) is 0 Å². The lowest BCUT2D eigenvalue weighted by molar-refractivity contribution is -0.137. The van der Waals surface area contributed by atoms with Gasteiger partial charge in [-0.15, -0.1) is 0 Å². The fourth-order valence-corrected chi connectivity index (χ4v) is 1.69. The Balaban J connectivity index is 3.01. The zero-order valence-electron chi connectivity index (χ0n) is 9.11. The molecule has 6 heteroatoms. The van der Waals surface area contributed by atoms with Crippen LogP contribution in [0.5, 0.6) is 0 Å². The molecule has 0 aromatic heterocycles. The van der Waals surface area contributed by atoms with E-state index in [2.05, 4.69) is 0 Å². The molecule has 0 fully saturated rings.